The van der Waals surface area contributed by atoms with Crippen molar-refractivity contribution in [2.24, 2.45) is 5.92 Å². The van der Waals surface area contributed by atoms with Crippen LogP contribution in [0.4, 0.5) is 5.69 Å². The SMILES string of the molecule is CN1CCC(CNC(=O)c2ccc(N(C)C)cc2)CC1. The van der Waals surface area contributed by atoms with Crippen LogP contribution in [0.2, 0.25) is 0 Å². The number of hydrogen-bond acceptors (Lipinski definition) is 3. The summed E-state index contributed by atoms with van der Waals surface area (Å²) in [5.41, 5.74) is 1.85. The second-order valence-corrected chi connectivity index (χ2v) is 5.90. The first-order valence-electron chi connectivity index (χ1n) is 7.30. The maximum Gasteiger partial charge on any atom is 0.251 e. The van der Waals surface area contributed by atoms with Crippen LogP contribution in [0.3, 0.4) is 0 Å². The average molecular weight is 275 g/mol. The topological polar surface area (TPSA) is 35.6 Å². The van der Waals surface area contributed by atoms with Crippen LogP contribution in [-0.2, 0) is 0 Å². The fourth-order valence-corrected chi connectivity index (χ4v) is 2.52. The number of hydrogen-bond donors (Lipinski definition) is 1. The number of carbonyl (C=O) groups is 1. The summed E-state index contributed by atoms with van der Waals surface area (Å²) in [6.07, 6.45) is 2.35. The molecular formula is C16H25N3O. The number of benzene rings is 1. The van der Waals surface area contributed by atoms with Gasteiger partial charge in [0, 0.05) is 31.9 Å². The molecule has 0 bridgehead atoms. The van der Waals surface area contributed by atoms with Gasteiger partial charge in [0.1, 0.15) is 0 Å². The molecule has 0 saturated carbocycles. The molecule has 0 atom stereocenters. The number of amides is 1. The molecule has 1 aromatic carbocycles. The van der Waals surface area contributed by atoms with Gasteiger partial charge in [0.2, 0.25) is 0 Å². The van der Waals surface area contributed by atoms with Gasteiger partial charge in [-0.25, -0.2) is 0 Å². The Kier molecular flexibility index (Phi) is 5.01. The van der Waals surface area contributed by atoms with Crippen molar-refractivity contribution in [1.82, 2.24) is 10.2 Å². The minimum atomic E-state index is 0.0363. The molecule has 1 saturated heterocycles. The van der Waals surface area contributed by atoms with Gasteiger partial charge in [-0.1, -0.05) is 0 Å². The highest BCUT2D eigenvalue weighted by Gasteiger charge is 2.17. The highest BCUT2D eigenvalue weighted by Crippen LogP contribution is 2.15. The van der Waals surface area contributed by atoms with Crippen molar-refractivity contribution < 1.29 is 4.79 Å². The lowest BCUT2D eigenvalue weighted by Crippen LogP contribution is -2.36. The monoisotopic (exact) mass is 275 g/mol. The van der Waals surface area contributed by atoms with Crippen molar-refractivity contribution in [1.29, 1.82) is 0 Å². The van der Waals surface area contributed by atoms with Crippen LogP contribution >= 0.6 is 0 Å². The zero-order chi connectivity index (χ0) is 14.5. The molecule has 110 valence electrons. The summed E-state index contributed by atoms with van der Waals surface area (Å²) in [5, 5.41) is 3.06. The lowest BCUT2D eigenvalue weighted by molar-refractivity contribution is 0.0939. The maximum absolute atomic E-state index is 12.1. The number of likely N-dealkylation sites (tertiary alicyclic amines) is 1. The molecule has 4 heteroatoms. The molecule has 1 heterocycles. The number of anilines is 1. The van der Waals surface area contributed by atoms with Gasteiger partial charge in [-0.3, -0.25) is 4.79 Å². The van der Waals surface area contributed by atoms with Gasteiger partial charge >= 0.3 is 0 Å². The summed E-state index contributed by atoms with van der Waals surface area (Å²) in [6.45, 7) is 3.07. The van der Waals surface area contributed by atoms with E-state index in [0.29, 0.717) is 5.92 Å². The van der Waals surface area contributed by atoms with E-state index < -0.39 is 0 Å². The van der Waals surface area contributed by atoms with E-state index in [1.807, 2.05) is 43.3 Å². The molecule has 1 amide bonds. The third-order valence-corrected chi connectivity index (χ3v) is 4.04. The summed E-state index contributed by atoms with van der Waals surface area (Å²) in [7, 11) is 6.14. The van der Waals surface area contributed by atoms with Gasteiger partial charge in [0.25, 0.3) is 5.91 Å². The number of piperidine rings is 1. The van der Waals surface area contributed by atoms with Crippen LogP contribution in [0.15, 0.2) is 24.3 Å². The van der Waals surface area contributed by atoms with E-state index in [2.05, 4.69) is 17.3 Å². The Morgan fingerprint density at radius 2 is 1.85 bits per heavy atom. The molecule has 1 fully saturated rings. The molecular weight excluding hydrogens is 250 g/mol. The van der Waals surface area contributed by atoms with E-state index in [0.717, 1.165) is 30.9 Å². The van der Waals surface area contributed by atoms with Gasteiger partial charge in [0.15, 0.2) is 0 Å². The highest BCUT2D eigenvalue weighted by atomic mass is 16.1. The average Bonchev–Trinajstić information content (AvgIpc) is 2.46. The van der Waals surface area contributed by atoms with E-state index >= 15 is 0 Å². The predicted octanol–water partition coefficient (Wildman–Crippen LogP) is 1.82. The number of rotatable bonds is 4. The zero-order valence-electron chi connectivity index (χ0n) is 12.7. The van der Waals surface area contributed by atoms with Crippen LogP contribution in [0.25, 0.3) is 0 Å². The Morgan fingerprint density at radius 3 is 2.40 bits per heavy atom. The van der Waals surface area contributed by atoms with Crippen molar-refractivity contribution in [3.8, 4) is 0 Å². The number of nitrogens with one attached hydrogen (secondary N) is 1. The van der Waals surface area contributed by atoms with Gasteiger partial charge in [-0.05, 0) is 63.2 Å². The summed E-state index contributed by atoms with van der Waals surface area (Å²) < 4.78 is 0. The normalized spacial score (nSPS) is 16.9. The smallest absolute Gasteiger partial charge is 0.251 e. The van der Waals surface area contributed by atoms with E-state index in [-0.39, 0.29) is 5.91 Å². The van der Waals surface area contributed by atoms with Crippen LogP contribution in [-0.4, -0.2) is 51.6 Å². The maximum atomic E-state index is 12.1. The molecule has 4 nitrogen and oxygen atoms in total. The van der Waals surface area contributed by atoms with E-state index in [9.17, 15) is 4.79 Å². The molecule has 0 spiro atoms. The molecule has 0 radical (unpaired) electrons. The first-order valence-corrected chi connectivity index (χ1v) is 7.30. The minimum Gasteiger partial charge on any atom is -0.378 e. The van der Waals surface area contributed by atoms with Crippen LogP contribution in [0.1, 0.15) is 23.2 Å². The summed E-state index contributed by atoms with van der Waals surface area (Å²) >= 11 is 0. The largest absolute Gasteiger partial charge is 0.378 e. The van der Waals surface area contributed by atoms with Crippen LogP contribution < -0.4 is 10.2 Å². The number of carbonyl (C=O) groups excluding carboxylic acids is 1. The van der Waals surface area contributed by atoms with Gasteiger partial charge in [0.05, 0.1) is 0 Å². The van der Waals surface area contributed by atoms with Gasteiger partial charge < -0.3 is 15.1 Å². The lowest BCUT2D eigenvalue weighted by Gasteiger charge is -2.28. The third-order valence-electron chi connectivity index (χ3n) is 4.04. The van der Waals surface area contributed by atoms with Crippen molar-refractivity contribution >= 4 is 11.6 Å². The third kappa shape index (κ3) is 3.97. The van der Waals surface area contributed by atoms with Crippen LogP contribution in [0.5, 0.6) is 0 Å². The molecule has 1 aliphatic rings. The van der Waals surface area contributed by atoms with Crippen molar-refractivity contribution in [2.75, 3.05) is 45.7 Å². The van der Waals surface area contributed by atoms with Gasteiger partial charge in [-0.2, -0.15) is 0 Å². The fourth-order valence-electron chi connectivity index (χ4n) is 2.52. The standard InChI is InChI=1S/C16H25N3O/c1-18(2)15-6-4-14(5-7-15)16(20)17-12-13-8-10-19(3)11-9-13/h4-7,13H,8-12H2,1-3H3,(H,17,20). The Labute approximate surface area is 121 Å². The molecule has 0 aromatic heterocycles. The Bertz CT molecular complexity index is 434. The molecule has 1 N–H and O–H groups in total. The quantitative estimate of drug-likeness (QED) is 0.910. The first-order chi connectivity index (χ1) is 9.56. The molecule has 0 unspecified atom stereocenters. The summed E-state index contributed by atoms with van der Waals surface area (Å²) in [4.78, 5) is 16.5. The minimum absolute atomic E-state index is 0.0363. The zero-order valence-corrected chi connectivity index (χ0v) is 12.7. The van der Waals surface area contributed by atoms with E-state index in [1.165, 1.54) is 12.8 Å². The Balaban J connectivity index is 1.82. The predicted molar refractivity (Wildman–Crippen MR) is 83.3 cm³/mol. The molecule has 1 aliphatic heterocycles. The van der Waals surface area contributed by atoms with Crippen molar-refractivity contribution in [3.63, 3.8) is 0 Å². The summed E-state index contributed by atoms with van der Waals surface area (Å²) in [6, 6.07) is 7.73. The van der Waals surface area contributed by atoms with E-state index in [1.54, 1.807) is 0 Å². The van der Waals surface area contributed by atoms with Gasteiger partial charge in [-0.15, -0.1) is 0 Å². The van der Waals surface area contributed by atoms with Crippen molar-refractivity contribution in [3.05, 3.63) is 29.8 Å². The number of nitrogens with zero attached hydrogens (tertiary/aromatic N) is 2. The van der Waals surface area contributed by atoms with Crippen molar-refractivity contribution in [2.45, 2.75) is 12.8 Å². The summed E-state index contributed by atoms with van der Waals surface area (Å²) in [5.74, 6) is 0.658. The fraction of sp³-hybridized carbons (Fsp3) is 0.562. The lowest BCUT2D eigenvalue weighted by atomic mass is 9.97. The molecule has 2 rings (SSSR count). The molecule has 1 aromatic rings. The second-order valence-electron chi connectivity index (χ2n) is 5.90. The van der Waals surface area contributed by atoms with E-state index in [4.69, 9.17) is 0 Å². The first kappa shape index (κ1) is 14.9. The Hall–Kier alpha value is -1.55. The second kappa shape index (κ2) is 6.75. The molecule has 20 heavy (non-hydrogen) atoms. The molecule has 0 aliphatic carbocycles. The van der Waals surface area contributed by atoms with Crippen LogP contribution in [0, 0.1) is 5.92 Å². The Morgan fingerprint density at radius 1 is 1.25 bits per heavy atom. The highest BCUT2D eigenvalue weighted by molar-refractivity contribution is 5.94.